The van der Waals surface area contributed by atoms with Crippen LogP contribution in [0.1, 0.15) is 23.8 Å². The van der Waals surface area contributed by atoms with E-state index in [-0.39, 0.29) is 30.0 Å². The fourth-order valence-corrected chi connectivity index (χ4v) is 2.64. The molecule has 0 radical (unpaired) electrons. The summed E-state index contributed by atoms with van der Waals surface area (Å²) >= 11 is 0. The van der Waals surface area contributed by atoms with Crippen molar-refractivity contribution >= 4 is 29.9 Å². The molecule has 6 nitrogen and oxygen atoms in total. The Morgan fingerprint density at radius 2 is 1.96 bits per heavy atom. The third-order valence-electron chi connectivity index (χ3n) is 3.80. The molecule has 0 aliphatic rings. The first-order chi connectivity index (χ1) is 12.1. The van der Waals surface area contributed by atoms with Gasteiger partial charge in [-0.15, -0.1) is 24.0 Å². The number of nitrogens with zero attached hydrogens (tertiary/aromatic N) is 2. The van der Waals surface area contributed by atoms with Crippen molar-refractivity contribution in [3.63, 3.8) is 0 Å². The molecule has 1 aromatic carbocycles. The predicted molar refractivity (Wildman–Crippen MR) is 116 cm³/mol. The van der Waals surface area contributed by atoms with Crippen molar-refractivity contribution < 1.29 is 9.15 Å². The van der Waals surface area contributed by atoms with Crippen LogP contribution in [0.25, 0.3) is 0 Å². The van der Waals surface area contributed by atoms with Crippen LogP contribution in [-0.4, -0.2) is 37.7 Å². The molecule has 0 spiro atoms. The minimum Gasteiger partial charge on any atom is -0.468 e. The molecule has 0 amide bonds. The van der Waals surface area contributed by atoms with Crippen LogP contribution in [0, 0.1) is 0 Å². The van der Waals surface area contributed by atoms with Crippen molar-refractivity contribution in [1.82, 2.24) is 10.2 Å². The summed E-state index contributed by atoms with van der Waals surface area (Å²) in [6.07, 6.45) is 1.70. The molecule has 144 valence electrons. The highest BCUT2D eigenvalue weighted by Crippen LogP contribution is 2.14. The maximum atomic E-state index is 5.95. The molecular weight excluding hydrogens is 443 g/mol. The quantitative estimate of drug-likeness (QED) is 0.334. The average molecular weight is 472 g/mol. The van der Waals surface area contributed by atoms with Crippen LogP contribution < -0.4 is 11.1 Å². The second-order valence-corrected chi connectivity index (χ2v) is 6.22. The van der Waals surface area contributed by atoms with Gasteiger partial charge in [0, 0.05) is 19.7 Å². The van der Waals surface area contributed by atoms with Crippen LogP contribution in [0.2, 0.25) is 0 Å². The fourth-order valence-electron chi connectivity index (χ4n) is 2.64. The van der Waals surface area contributed by atoms with Crippen LogP contribution >= 0.6 is 24.0 Å². The summed E-state index contributed by atoms with van der Waals surface area (Å²) in [7, 11) is 3.74. The lowest BCUT2D eigenvalue weighted by atomic mass is 10.1. The number of guanidine groups is 1. The molecule has 7 heteroatoms. The van der Waals surface area contributed by atoms with Crippen molar-refractivity contribution in [2.75, 3.05) is 20.8 Å². The number of hydrogen-bond donors (Lipinski definition) is 2. The van der Waals surface area contributed by atoms with E-state index in [0.717, 1.165) is 24.4 Å². The Morgan fingerprint density at radius 3 is 2.62 bits per heavy atom. The first kappa shape index (κ1) is 22.5. The van der Waals surface area contributed by atoms with Gasteiger partial charge in [0.15, 0.2) is 5.96 Å². The lowest BCUT2D eigenvalue weighted by Gasteiger charge is -2.17. The minimum atomic E-state index is 0. The molecule has 1 heterocycles. The number of nitrogens with two attached hydrogens (primary N) is 1. The van der Waals surface area contributed by atoms with Crippen molar-refractivity contribution in [3.05, 3.63) is 59.5 Å². The van der Waals surface area contributed by atoms with E-state index in [9.17, 15) is 0 Å². The van der Waals surface area contributed by atoms with Gasteiger partial charge in [-0.25, -0.2) is 4.99 Å². The van der Waals surface area contributed by atoms with Crippen molar-refractivity contribution in [2.45, 2.75) is 32.6 Å². The Labute approximate surface area is 172 Å². The number of hydrogen-bond acceptors (Lipinski definition) is 4. The van der Waals surface area contributed by atoms with E-state index < -0.39 is 0 Å². The Hall–Kier alpha value is -1.58. The highest BCUT2D eigenvalue weighted by Gasteiger charge is 2.08. The summed E-state index contributed by atoms with van der Waals surface area (Å²) < 4.78 is 10.5. The van der Waals surface area contributed by atoms with E-state index in [0.29, 0.717) is 19.1 Å². The number of aliphatic imine (C=N–C) groups is 1. The highest BCUT2D eigenvalue weighted by molar-refractivity contribution is 14.0. The van der Waals surface area contributed by atoms with Crippen LogP contribution in [-0.2, 0) is 24.4 Å². The standard InChI is InChI=1S/C19H28N4O2.HI/c1-15(14-24-3)22-19(20)21-11-16-7-4-5-8-17(16)12-23(2)13-18-9-6-10-25-18;/h4-10,15H,11-14H2,1-3H3,(H3,20,21,22);1H. The zero-order valence-electron chi connectivity index (χ0n) is 15.6. The maximum absolute atomic E-state index is 5.95. The molecule has 0 saturated carbocycles. The van der Waals surface area contributed by atoms with E-state index in [2.05, 4.69) is 34.4 Å². The molecule has 0 aliphatic carbocycles. The largest absolute Gasteiger partial charge is 0.468 e. The van der Waals surface area contributed by atoms with Gasteiger partial charge in [-0.2, -0.15) is 0 Å². The molecule has 26 heavy (non-hydrogen) atoms. The summed E-state index contributed by atoms with van der Waals surface area (Å²) in [5, 5.41) is 3.12. The third kappa shape index (κ3) is 7.76. The Bertz CT molecular complexity index is 661. The Balaban J connectivity index is 0.00000338. The van der Waals surface area contributed by atoms with Gasteiger partial charge in [0.2, 0.25) is 0 Å². The van der Waals surface area contributed by atoms with Gasteiger partial charge in [-0.3, -0.25) is 4.90 Å². The lowest BCUT2D eigenvalue weighted by molar-refractivity contribution is 0.179. The molecular formula is C19H29IN4O2. The average Bonchev–Trinajstić information content (AvgIpc) is 3.07. The number of furan rings is 1. The number of benzene rings is 1. The number of rotatable bonds is 9. The second-order valence-electron chi connectivity index (χ2n) is 6.22. The second kappa shape index (κ2) is 11.9. The molecule has 2 aromatic rings. The summed E-state index contributed by atoms with van der Waals surface area (Å²) in [6.45, 7) is 4.72. The van der Waals surface area contributed by atoms with Crippen molar-refractivity contribution in [1.29, 1.82) is 0 Å². The first-order valence-electron chi connectivity index (χ1n) is 8.41. The smallest absolute Gasteiger partial charge is 0.189 e. The van der Waals surface area contributed by atoms with Gasteiger partial charge in [0.05, 0.1) is 26.0 Å². The normalized spacial score (nSPS) is 12.7. The molecule has 1 unspecified atom stereocenters. The van der Waals surface area contributed by atoms with Gasteiger partial charge < -0.3 is 20.2 Å². The van der Waals surface area contributed by atoms with Gasteiger partial charge >= 0.3 is 0 Å². The van der Waals surface area contributed by atoms with E-state index in [1.165, 1.54) is 5.56 Å². The molecule has 3 N–H and O–H groups in total. The zero-order chi connectivity index (χ0) is 18.1. The summed E-state index contributed by atoms with van der Waals surface area (Å²) in [5.74, 6) is 1.39. The maximum Gasteiger partial charge on any atom is 0.189 e. The lowest BCUT2D eigenvalue weighted by Crippen LogP contribution is -2.40. The predicted octanol–water partition coefficient (Wildman–Crippen LogP) is 2.97. The summed E-state index contributed by atoms with van der Waals surface area (Å²) in [5.41, 5.74) is 8.35. The van der Waals surface area contributed by atoms with Gasteiger partial charge in [-0.1, -0.05) is 24.3 Å². The Kier molecular flexibility index (Phi) is 10.3. The van der Waals surface area contributed by atoms with Crippen LogP contribution in [0.4, 0.5) is 0 Å². The van der Waals surface area contributed by atoms with E-state index >= 15 is 0 Å². The van der Waals surface area contributed by atoms with Crippen LogP contribution in [0.15, 0.2) is 52.1 Å². The minimum absolute atomic E-state index is 0. The molecule has 0 saturated heterocycles. The molecule has 2 rings (SSSR count). The number of methoxy groups -OCH3 is 1. The molecule has 0 fully saturated rings. The zero-order valence-corrected chi connectivity index (χ0v) is 18.0. The van der Waals surface area contributed by atoms with E-state index in [4.69, 9.17) is 14.9 Å². The number of ether oxygens (including phenoxy) is 1. The number of nitrogens with one attached hydrogen (secondary N) is 1. The van der Waals surface area contributed by atoms with Gasteiger partial charge in [0.25, 0.3) is 0 Å². The van der Waals surface area contributed by atoms with E-state index in [1.807, 2.05) is 31.2 Å². The van der Waals surface area contributed by atoms with E-state index in [1.54, 1.807) is 13.4 Å². The van der Waals surface area contributed by atoms with Gasteiger partial charge in [0.1, 0.15) is 5.76 Å². The third-order valence-corrected chi connectivity index (χ3v) is 3.80. The fraction of sp³-hybridized carbons (Fsp3) is 0.421. The van der Waals surface area contributed by atoms with Crippen LogP contribution in [0.3, 0.4) is 0 Å². The highest BCUT2D eigenvalue weighted by atomic mass is 127. The monoisotopic (exact) mass is 472 g/mol. The van der Waals surface area contributed by atoms with Crippen LogP contribution in [0.5, 0.6) is 0 Å². The molecule has 1 aromatic heterocycles. The van der Waals surface area contributed by atoms with Crippen molar-refractivity contribution in [3.8, 4) is 0 Å². The topological polar surface area (TPSA) is 76.0 Å². The van der Waals surface area contributed by atoms with Gasteiger partial charge in [-0.05, 0) is 37.2 Å². The Morgan fingerprint density at radius 1 is 1.23 bits per heavy atom. The molecule has 0 aliphatic heterocycles. The van der Waals surface area contributed by atoms with Crippen molar-refractivity contribution in [2.24, 2.45) is 10.7 Å². The summed E-state index contributed by atoms with van der Waals surface area (Å²) in [6, 6.07) is 12.3. The molecule has 0 bridgehead atoms. The summed E-state index contributed by atoms with van der Waals surface area (Å²) in [4.78, 5) is 6.66. The first-order valence-corrected chi connectivity index (χ1v) is 8.41. The SMILES string of the molecule is COCC(C)NC(N)=NCc1ccccc1CN(C)Cc1ccco1.I. The number of halogens is 1. The molecule has 1 atom stereocenters.